The number of thioether (sulfide) groups is 1. The van der Waals surface area contributed by atoms with Crippen LogP contribution in [0.4, 0.5) is 0 Å². The second-order valence-corrected chi connectivity index (χ2v) is 5.94. The van der Waals surface area contributed by atoms with Crippen LogP contribution in [0.15, 0.2) is 52.4 Å². The van der Waals surface area contributed by atoms with Crippen LogP contribution in [-0.4, -0.2) is 15.4 Å². The molecule has 0 aliphatic carbocycles. The van der Waals surface area contributed by atoms with Gasteiger partial charge in [-0.3, -0.25) is 0 Å². The van der Waals surface area contributed by atoms with Crippen molar-refractivity contribution < 1.29 is 9.67 Å². The molecule has 6 heteroatoms. The molecule has 1 N–H and O–H groups in total. The summed E-state index contributed by atoms with van der Waals surface area (Å²) in [6.45, 7) is 0. The van der Waals surface area contributed by atoms with Gasteiger partial charge in [0.05, 0.1) is 18.9 Å². The summed E-state index contributed by atoms with van der Waals surface area (Å²) in [5.74, 6) is 0.624. The zero-order valence-corrected chi connectivity index (χ0v) is 12.7. The molecule has 110 valence electrons. The molecule has 0 bridgehead atoms. The average Bonchev–Trinajstić information content (AvgIpc) is 2.96. The zero-order valence-electron chi connectivity index (χ0n) is 11.9. The van der Waals surface area contributed by atoms with E-state index in [0.717, 1.165) is 0 Å². The van der Waals surface area contributed by atoms with E-state index < -0.39 is 0 Å². The Morgan fingerprint density at radius 1 is 1.45 bits per heavy atom. The SMILES string of the molecule is C[n+]1c(O)c(-c2ccccc2)c(=O)n2c1SCC2/C=C/C#N. The predicted octanol–water partition coefficient (Wildman–Crippen LogP) is 1.77. The van der Waals surface area contributed by atoms with E-state index in [0.29, 0.717) is 16.5 Å². The van der Waals surface area contributed by atoms with Gasteiger partial charge < -0.3 is 5.11 Å². The lowest BCUT2D eigenvalue weighted by molar-refractivity contribution is -0.720. The van der Waals surface area contributed by atoms with Gasteiger partial charge in [0.15, 0.2) is 5.56 Å². The number of nitriles is 1. The molecule has 22 heavy (non-hydrogen) atoms. The van der Waals surface area contributed by atoms with Gasteiger partial charge in [0.1, 0.15) is 6.04 Å². The van der Waals surface area contributed by atoms with Crippen molar-refractivity contribution in [3.05, 3.63) is 52.8 Å². The van der Waals surface area contributed by atoms with Gasteiger partial charge in [-0.2, -0.15) is 14.4 Å². The number of aromatic nitrogens is 2. The van der Waals surface area contributed by atoms with Crippen LogP contribution < -0.4 is 10.1 Å². The highest BCUT2D eigenvalue weighted by Crippen LogP contribution is 2.33. The molecule has 2 heterocycles. The number of benzene rings is 1. The Morgan fingerprint density at radius 2 is 2.18 bits per heavy atom. The number of fused-ring (bicyclic) bond motifs is 1. The van der Waals surface area contributed by atoms with Crippen LogP contribution >= 0.6 is 11.8 Å². The third kappa shape index (κ3) is 2.20. The van der Waals surface area contributed by atoms with Crippen LogP contribution in [0.5, 0.6) is 5.88 Å². The summed E-state index contributed by atoms with van der Waals surface area (Å²) in [5.41, 5.74) is 0.718. The highest BCUT2D eigenvalue weighted by Gasteiger charge is 2.36. The van der Waals surface area contributed by atoms with Crippen molar-refractivity contribution in [2.45, 2.75) is 11.2 Å². The first-order valence-corrected chi connectivity index (χ1v) is 7.75. The highest BCUT2D eigenvalue weighted by atomic mass is 32.2. The van der Waals surface area contributed by atoms with Crippen molar-refractivity contribution in [1.29, 1.82) is 5.26 Å². The fraction of sp³-hybridized carbons (Fsp3) is 0.188. The normalized spacial score (nSPS) is 16.6. The largest absolute Gasteiger partial charge is 0.477 e. The third-order valence-corrected chi connectivity index (χ3v) is 4.87. The second-order valence-electron chi connectivity index (χ2n) is 4.95. The topological polar surface area (TPSA) is 69.9 Å². The molecule has 1 aromatic heterocycles. The Bertz CT molecular complexity index is 850. The number of hydrogen-bond acceptors (Lipinski definition) is 4. The van der Waals surface area contributed by atoms with Gasteiger partial charge in [-0.1, -0.05) is 30.3 Å². The minimum absolute atomic E-state index is 0.0418. The molecule has 0 spiro atoms. The van der Waals surface area contributed by atoms with E-state index in [1.807, 2.05) is 24.3 Å². The Balaban J connectivity index is 2.28. The van der Waals surface area contributed by atoms with Gasteiger partial charge in [-0.25, -0.2) is 4.79 Å². The van der Waals surface area contributed by atoms with E-state index in [4.69, 9.17) is 5.26 Å². The predicted molar refractivity (Wildman–Crippen MR) is 83.5 cm³/mol. The number of aromatic hydroxyl groups is 1. The molecular formula is C16H14N3O2S+. The molecular weight excluding hydrogens is 298 g/mol. The minimum Gasteiger partial charge on any atom is -0.477 e. The Hall–Kier alpha value is -2.52. The molecule has 5 nitrogen and oxygen atoms in total. The quantitative estimate of drug-likeness (QED) is 0.521. The van der Waals surface area contributed by atoms with Crippen LogP contribution in [0, 0.1) is 11.3 Å². The second kappa shape index (κ2) is 5.70. The summed E-state index contributed by atoms with van der Waals surface area (Å²) in [4.78, 5) is 12.9. The van der Waals surface area contributed by atoms with Crippen LogP contribution in [0.1, 0.15) is 6.04 Å². The molecule has 1 aromatic carbocycles. The third-order valence-electron chi connectivity index (χ3n) is 3.64. The van der Waals surface area contributed by atoms with Gasteiger partial charge in [-0.15, -0.1) is 0 Å². The molecule has 0 fully saturated rings. The Kier molecular flexibility index (Phi) is 3.73. The molecule has 3 rings (SSSR count). The van der Waals surface area contributed by atoms with Crippen LogP contribution in [-0.2, 0) is 7.05 Å². The molecule has 1 atom stereocenters. The fourth-order valence-corrected chi connectivity index (χ4v) is 3.79. The molecule has 1 aliphatic rings. The van der Waals surface area contributed by atoms with Gasteiger partial charge in [0.2, 0.25) is 0 Å². The summed E-state index contributed by atoms with van der Waals surface area (Å²) in [7, 11) is 1.73. The first kappa shape index (κ1) is 14.4. The molecule has 1 aliphatic heterocycles. The maximum Gasteiger partial charge on any atom is 0.350 e. The molecule has 0 saturated carbocycles. The first-order valence-electron chi connectivity index (χ1n) is 6.77. The maximum absolute atomic E-state index is 12.9. The van der Waals surface area contributed by atoms with Crippen LogP contribution in [0.2, 0.25) is 0 Å². The van der Waals surface area contributed by atoms with E-state index in [-0.39, 0.29) is 23.0 Å². The summed E-state index contributed by atoms with van der Waals surface area (Å²) < 4.78 is 3.26. The molecule has 0 amide bonds. The van der Waals surface area contributed by atoms with Gasteiger partial charge in [0, 0.05) is 6.08 Å². The smallest absolute Gasteiger partial charge is 0.350 e. The highest BCUT2D eigenvalue weighted by molar-refractivity contribution is 7.99. The summed E-state index contributed by atoms with van der Waals surface area (Å²) in [6.07, 6.45) is 3.11. The lowest BCUT2D eigenvalue weighted by Crippen LogP contribution is -2.40. The number of rotatable bonds is 2. The van der Waals surface area contributed by atoms with Gasteiger partial charge >= 0.3 is 10.7 Å². The number of allylic oxidation sites excluding steroid dienone is 2. The molecule has 0 radical (unpaired) electrons. The molecule has 1 unspecified atom stereocenters. The van der Waals surface area contributed by atoms with Crippen molar-refractivity contribution in [1.82, 2.24) is 4.57 Å². The van der Waals surface area contributed by atoms with Crippen molar-refractivity contribution in [3.63, 3.8) is 0 Å². The van der Waals surface area contributed by atoms with Crippen LogP contribution in [0.3, 0.4) is 0 Å². The van der Waals surface area contributed by atoms with Crippen molar-refractivity contribution in [2.75, 3.05) is 5.75 Å². The fourth-order valence-electron chi connectivity index (χ4n) is 2.57. The van der Waals surface area contributed by atoms with E-state index in [1.165, 1.54) is 17.8 Å². The number of nitrogens with zero attached hydrogens (tertiary/aromatic N) is 3. The summed E-state index contributed by atoms with van der Waals surface area (Å²) in [5, 5.41) is 19.8. The standard InChI is InChI=1S/C16H13N3O2S/c1-18-14(20)13(11-6-3-2-4-7-11)15(21)19-12(8-5-9-17)10-22-16(18)19/h2-8,12H,10H2,1H3/p+1/b8-5+. The molecule has 2 aromatic rings. The van der Waals surface area contributed by atoms with Crippen LogP contribution in [0.25, 0.3) is 11.1 Å². The van der Waals surface area contributed by atoms with E-state index in [9.17, 15) is 9.90 Å². The number of hydrogen-bond donors (Lipinski definition) is 1. The minimum atomic E-state index is -0.241. The van der Waals surface area contributed by atoms with Crippen molar-refractivity contribution >= 4 is 11.8 Å². The average molecular weight is 312 g/mol. The van der Waals surface area contributed by atoms with E-state index in [1.54, 1.807) is 34.4 Å². The van der Waals surface area contributed by atoms with Gasteiger partial charge in [0.25, 0.3) is 5.88 Å². The first-order chi connectivity index (χ1) is 10.6. The van der Waals surface area contributed by atoms with Crippen molar-refractivity contribution in [3.8, 4) is 23.1 Å². The zero-order chi connectivity index (χ0) is 15.7. The summed E-state index contributed by atoms with van der Waals surface area (Å²) in [6, 6.07) is 10.9. The lowest BCUT2D eigenvalue weighted by atomic mass is 10.1. The summed E-state index contributed by atoms with van der Waals surface area (Å²) >= 11 is 1.49. The van der Waals surface area contributed by atoms with Gasteiger partial charge in [-0.05, 0) is 23.4 Å². The molecule has 0 saturated heterocycles. The van der Waals surface area contributed by atoms with E-state index in [2.05, 4.69) is 0 Å². The monoisotopic (exact) mass is 312 g/mol. The van der Waals surface area contributed by atoms with Crippen molar-refractivity contribution in [2.24, 2.45) is 7.05 Å². The lowest BCUT2D eigenvalue weighted by Gasteiger charge is -2.09. The van der Waals surface area contributed by atoms with E-state index >= 15 is 0 Å². The maximum atomic E-state index is 12.9. The Morgan fingerprint density at radius 3 is 2.86 bits per heavy atom. The Labute approximate surface area is 131 Å².